The minimum absolute atomic E-state index is 0. The number of carbonyl (C=O) groups excluding carboxylic acids is 3. The number of imide groups is 1. The summed E-state index contributed by atoms with van der Waals surface area (Å²) in [5, 5.41) is 5.77. The fraction of sp³-hybridized carbons (Fsp3) is 0.833. The molecule has 0 aromatic rings. The molecule has 3 atom stereocenters. The summed E-state index contributed by atoms with van der Waals surface area (Å²) < 4.78 is 0. The molecule has 1 saturated carbocycles. The average molecular weight is 389 g/mol. The Kier molecular flexibility index (Phi) is 7.48. The van der Waals surface area contributed by atoms with Crippen LogP contribution in [0.25, 0.3) is 0 Å². The number of rotatable bonds is 6. The standard InChI is InChI=1S/C18H32N4O3.ClH/c1-12(2)9-17(4,11-19)20-14(23)10-22-15(24)18(21-16(22)25)8-6-5-7-13(18)3;/h12-13H,5-11,19H2,1-4H3,(H,20,23)(H,21,25);1H. The van der Waals surface area contributed by atoms with Gasteiger partial charge in [-0.1, -0.05) is 33.6 Å². The maximum atomic E-state index is 12.9. The van der Waals surface area contributed by atoms with Gasteiger partial charge in [0.2, 0.25) is 5.91 Å². The van der Waals surface area contributed by atoms with Crippen LogP contribution in [0.2, 0.25) is 0 Å². The van der Waals surface area contributed by atoms with E-state index in [1.54, 1.807) is 0 Å². The van der Waals surface area contributed by atoms with E-state index in [1.807, 2.05) is 13.8 Å². The molecule has 1 aliphatic carbocycles. The number of hydrogen-bond donors (Lipinski definition) is 3. The Morgan fingerprint density at radius 2 is 2.08 bits per heavy atom. The first kappa shape index (κ1) is 22.7. The Balaban J connectivity index is 0.00000338. The zero-order chi connectivity index (χ0) is 18.8. The molecule has 1 aliphatic heterocycles. The molecular formula is C18H33ClN4O3. The van der Waals surface area contributed by atoms with Crippen molar-refractivity contribution in [3.8, 4) is 0 Å². The fourth-order valence-corrected chi connectivity index (χ4v) is 4.25. The third kappa shape index (κ3) is 4.49. The first-order valence-electron chi connectivity index (χ1n) is 9.29. The monoisotopic (exact) mass is 388 g/mol. The van der Waals surface area contributed by atoms with Gasteiger partial charge in [-0.15, -0.1) is 12.4 Å². The lowest BCUT2D eigenvalue weighted by Crippen LogP contribution is -2.56. The van der Waals surface area contributed by atoms with Crippen molar-refractivity contribution < 1.29 is 14.4 Å². The van der Waals surface area contributed by atoms with Crippen LogP contribution in [0.15, 0.2) is 0 Å². The molecular weight excluding hydrogens is 356 g/mol. The maximum absolute atomic E-state index is 12.9. The Hall–Kier alpha value is -1.34. The fourth-order valence-electron chi connectivity index (χ4n) is 4.25. The lowest BCUT2D eigenvalue weighted by Gasteiger charge is -2.37. The quantitative estimate of drug-likeness (QED) is 0.603. The summed E-state index contributed by atoms with van der Waals surface area (Å²) in [6.45, 7) is 8.05. The molecule has 0 bridgehead atoms. The van der Waals surface area contributed by atoms with Crippen LogP contribution in [0.4, 0.5) is 4.79 Å². The third-order valence-electron chi connectivity index (χ3n) is 5.55. The largest absolute Gasteiger partial charge is 0.348 e. The van der Waals surface area contributed by atoms with Crippen LogP contribution >= 0.6 is 12.4 Å². The molecule has 0 aromatic carbocycles. The molecule has 26 heavy (non-hydrogen) atoms. The second-order valence-corrected chi connectivity index (χ2v) is 8.35. The molecule has 2 fully saturated rings. The van der Waals surface area contributed by atoms with E-state index in [9.17, 15) is 14.4 Å². The SMILES string of the molecule is CC(C)CC(C)(CN)NC(=O)CN1C(=O)NC2(CCCCC2C)C1=O.Cl. The summed E-state index contributed by atoms with van der Waals surface area (Å²) >= 11 is 0. The zero-order valence-electron chi connectivity index (χ0n) is 16.3. The Labute approximate surface area is 162 Å². The van der Waals surface area contributed by atoms with E-state index in [0.717, 1.165) is 30.6 Å². The smallest absolute Gasteiger partial charge is 0.325 e. The molecule has 1 saturated heterocycles. The third-order valence-corrected chi connectivity index (χ3v) is 5.55. The predicted octanol–water partition coefficient (Wildman–Crippen LogP) is 1.79. The summed E-state index contributed by atoms with van der Waals surface area (Å²) in [5.41, 5.74) is 4.45. The van der Waals surface area contributed by atoms with Gasteiger partial charge in [-0.2, -0.15) is 0 Å². The van der Waals surface area contributed by atoms with E-state index in [-0.39, 0.29) is 36.7 Å². The van der Waals surface area contributed by atoms with Gasteiger partial charge in [0.05, 0.1) is 0 Å². The predicted molar refractivity (Wildman–Crippen MR) is 103 cm³/mol. The number of carbonyl (C=O) groups is 3. The summed E-state index contributed by atoms with van der Waals surface area (Å²) in [7, 11) is 0. The number of halogens is 1. The summed E-state index contributed by atoms with van der Waals surface area (Å²) in [4.78, 5) is 38.7. The second kappa shape index (κ2) is 8.57. The van der Waals surface area contributed by atoms with Crippen molar-refractivity contribution in [2.24, 2.45) is 17.6 Å². The summed E-state index contributed by atoms with van der Waals surface area (Å²) in [5.74, 6) is -0.159. The van der Waals surface area contributed by atoms with Gasteiger partial charge in [0, 0.05) is 12.1 Å². The van der Waals surface area contributed by atoms with Gasteiger partial charge in [0.15, 0.2) is 0 Å². The number of hydrogen-bond acceptors (Lipinski definition) is 4. The van der Waals surface area contributed by atoms with Crippen molar-refractivity contribution in [3.63, 3.8) is 0 Å². The van der Waals surface area contributed by atoms with E-state index >= 15 is 0 Å². The van der Waals surface area contributed by atoms with Gasteiger partial charge in [-0.05, 0) is 38.0 Å². The van der Waals surface area contributed by atoms with Crippen molar-refractivity contribution in [2.75, 3.05) is 13.1 Å². The highest BCUT2D eigenvalue weighted by atomic mass is 35.5. The number of nitrogens with zero attached hydrogens (tertiary/aromatic N) is 1. The molecule has 2 rings (SSSR count). The highest BCUT2D eigenvalue weighted by Gasteiger charge is 2.55. The van der Waals surface area contributed by atoms with Gasteiger partial charge in [0.25, 0.3) is 5.91 Å². The number of nitrogens with two attached hydrogens (primary N) is 1. The topological polar surface area (TPSA) is 105 Å². The highest BCUT2D eigenvalue weighted by Crippen LogP contribution is 2.38. The molecule has 3 unspecified atom stereocenters. The Morgan fingerprint density at radius 3 is 2.62 bits per heavy atom. The van der Waals surface area contributed by atoms with Crippen molar-refractivity contribution in [1.82, 2.24) is 15.5 Å². The van der Waals surface area contributed by atoms with Crippen molar-refractivity contribution in [2.45, 2.75) is 70.9 Å². The van der Waals surface area contributed by atoms with E-state index in [4.69, 9.17) is 5.73 Å². The summed E-state index contributed by atoms with van der Waals surface area (Å²) in [6, 6.07) is -0.466. The van der Waals surface area contributed by atoms with Crippen molar-refractivity contribution in [3.05, 3.63) is 0 Å². The van der Waals surface area contributed by atoms with Crippen LogP contribution in [-0.4, -0.2) is 46.9 Å². The molecule has 0 aromatic heterocycles. The maximum Gasteiger partial charge on any atom is 0.325 e. The molecule has 4 N–H and O–H groups in total. The molecule has 2 aliphatic rings. The van der Waals surface area contributed by atoms with E-state index in [1.165, 1.54) is 0 Å². The molecule has 150 valence electrons. The molecule has 8 heteroatoms. The van der Waals surface area contributed by atoms with E-state index in [0.29, 0.717) is 18.9 Å². The van der Waals surface area contributed by atoms with Crippen molar-refractivity contribution >= 4 is 30.3 Å². The van der Waals surface area contributed by atoms with E-state index < -0.39 is 17.1 Å². The van der Waals surface area contributed by atoms with Crippen LogP contribution < -0.4 is 16.4 Å². The van der Waals surface area contributed by atoms with Gasteiger partial charge in [-0.25, -0.2) is 4.79 Å². The minimum Gasteiger partial charge on any atom is -0.348 e. The molecule has 4 amide bonds. The lowest BCUT2D eigenvalue weighted by molar-refractivity contribution is -0.137. The lowest BCUT2D eigenvalue weighted by atomic mass is 9.73. The minimum atomic E-state index is -0.829. The average Bonchev–Trinajstić information content (AvgIpc) is 2.74. The molecule has 1 spiro atoms. The van der Waals surface area contributed by atoms with Crippen LogP contribution in [0.1, 0.15) is 59.8 Å². The number of urea groups is 1. The second-order valence-electron chi connectivity index (χ2n) is 8.35. The Bertz CT molecular complexity index is 557. The molecule has 1 heterocycles. The van der Waals surface area contributed by atoms with Gasteiger partial charge >= 0.3 is 6.03 Å². The number of nitrogens with one attached hydrogen (secondary N) is 2. The van der Waals surface area contributed by atoms with Gasteiger partial charge in [0.1, 0.15) is 12.1 Å². The first-order valence-corrected chi connectivity index (χ1v) is 9.29. The van der Waals surface area contributed by atoms with Gasteiger partial charge < -0.3 is 16.4 Å². The first-order chi connectivity index (χ1) is 11.6. The molecule has 0 radical (unpaired) electrons. The highest BCUT2D eigenvalue weighted by molar-refractivity contribution is 6.09. The zero-order valence-corrected chi connectivity index (χ0v) is 17.1. The van der Waals surface area contributed by atoms with Crippen LogP contribution in [0.3, 0.4) is 0 Å². The van der Waals surface area contributed by atoms with Crippen LogP contribution in [0.5, 0.6) is 0 Å². The van der Waals surface area contributed by atoms with Gasteiger partial charge in [-0.3, -0.25) is 14.5 Å². The van der Waals surface area contributed by atoms with Crippen LogP contribution in [0, 0.1) is 11.8 Å². The number of amides is 4. The van der Waals surface area contributed by atoms with Crippen molar-refractivity contribution in [1.29, 1.82) is 0 Å². The normalized spacial score (nSPS) is 27.9. The molecule has 7 nitrogen and oxygen atoms in total. The van der Waals surface area contributed by atoms with E-state index in [2.05, 4.69) is 24.5 Å². The summed E-state index contributed by atoms with van der Waals surface area (Å²) in [6.07, 6.45) is 4.26. The van der Waals surface area contributed by atoms with Crippen LogP contribution in [-0.2, 0) is 9.59 Å². The Morgan fingerprint density at radius 1 is 1.42 bits per heavy atom.